The Bertz CT molecular complexity index is 1310. The number of carbonyl (C=O) groups is 1. The van der Waals surface area contributed by atoms with E-state index in [1.165, 1.54) is 11.9 Å². The highest BCUT2D eigenvalue weighted by Gasteiger charge is 2.25. The molecule has 5 heterocycles. The van der Waals surface area contributed by atoms with Crippen LogP contribution >= 0.6 is 0 Å². The Morgan fingerprint density at radius 3 is 2.84 bits per heavy atom. The number of fused-ring (bicyclic) bond motifs is 4. The first-order valence-electron chi connectivity index (χ1n) is 11.1. The van der Waals surface area contributed by atoms with Crippen LogP contribution in [0.5, 0.6) is 0 Å². The van der Waals surface area contributed by atoms with Gasteiger partial charge in [0, 0.05) is 47.9 Å². The number of allylic oxidation sites excluding steroid dienone is 1. The first kappa shape index (κ1) is 20.4. The third-order valence-corrected chi connectivity index (χ3v) is 5.73. The molecule has 1 aliphatic heterocycles. The van der Waals surface area contributed by atoms with Gasteiger partial charge in [-0.1, -0.05) is 19.9 Å². The van der Waals surface area contributed by atoms with E-state index in [9.17, 15) is 4.79 Å². The van der Waals surface area contributed by atoms with Gasteiger partial charge in [0.2, 0.25) is 5.71 Å². The molecule has 0 bridgehead atoms. The summed E-state index contributed by atoms with van der Waals surface area (Å²) in [4.78, 5) is 31.0. The summed E-state index contributed by atoms with van der Waals surface area (Å²) in [7, 11) is 0. The summed E-state index contributed by atoms with van der Waals surface area (Å²) in [6, 6.07) is 3.85. The van der Waals surface area contributed by atoms with E-state index >= 15 is 0 Å². The molecule has 0 amide bonds. The van der Waals surface area contributed by atoms with Crippen molar-refractivity contribution in [1.82, 2.24) is 19.9 Å². The van der Waals surface area contributed by atoms with Gasteiger partial charge in [0.25, 0.3) is 0 Å². The molecule has 0 radical (unpaired) electrons. The largest absolute Gasteiger partial charge is 0.432 e. The SMILES string of the molecule is CC.O=Cc1cnc2oc3c(N4CCOCC4)nc(C4=CCCc5[nH]ccc54)nc3c2c1. The highest BCUT2D eigenvalue weighted by Crippen LogP contribution is 2.36. The van der Waals surface area contributed by atoms with Gasteiger partial charge in [-0.3, -0.25) is 4.79 Å². The number of aromatic amines is 1. The quantitative estimate of drug-likeness (QED) is 0.487. The van der Waals surface area contributed by atoms with Crippen molar-refractivity contribution in [2.45, 2.75) is 26.7 Å². The number of ether oxygens (including phenoxy) is 1. The van der Waals surface area contributed by atoms with E-state index in [-0.39, 0.29) is 0 Å². The van der Waals surface area contributed by atoms with E-state index < -0.39 is 0 Å². The van der Waals surface area contributed by atoms with Crippen LogP contribution in [0, 0.1) is 0 Å². The van der Waals surface area contributed by atoms with Gasteiger partial charge in [-0.15, -0.1) is 0 Å². The molecule has 1 saturated heterocycles. The predicted octanol–water partition coefficient (Wildman–Crippen LogP) is 4.15. The van der Waals surface area contributed by atoms with Crippen LogP contribution in [0.3, 0.4) is 0 Å². The highest BCUT2D eigenvalue weighted by atomic mass is 16.5. The molecule has 1 fully saturated rings. The first-order valence-corrected chi connectivity index (χ1v) is 11.1. The molecule has 32 heavy (non-hydrogen) atoms. The van der Waals surface area contributed by atoms with Gasteiger partial charge < -0.3 is 19.0 Å². The number of morpholine rings is 1. The van der Waals surface area contributed by atoms with Crippen molar-refractivity contribution in [3.05, 3.63) is 53.2 Å². The molecule has 2 aliphatic rings. The van der Waals surface area contributed by atoms with Crippen molar-refractivity contribution in [1.29, 1.82) is 0 Å². The Labute approximate surface area is 185 Å². The molecule has 6 rings (SSSR count). The van der Waals surface area contributed by atoms with E-state index in [1.807, 2.05) is 20.0 Å². The molecule has 1 N–H and O–H groups in total. The molecule has 164 valence electrons. The minimum Gasteiger partial charge on any atom is -0.432 e. The molecule has 8 nitrogen and oxygen atoms in total. The zero-order chi connectivity index (χ0) is 22.1. The Hall–Kier alpha value is -3.52. The number of rotatable bonds is 3. The third kappa shape index (κ3) is 3.36. The monoisotopic (exact) mass is 431 g/mol. The van der Waals surface area contributed by atoms with Crippen LogP contribution in [0.4, 0.5) is 5.82 Å². The van der Waals surface area contributed by atoms with Crippen LogP contribution in [0.1, 0.15) is 47.7 Å². The van der Waals surface area contributed by atoms with Crippen molar-refractivity contribution in [3.8, 4) is 0 Å². The summed E-state index contributed by atoms with van der Waals surface area (Å²) < 4.78 is 11.6. The van der Waals surface area contributed by atoms with Crippen LogP contribution in [-0.2, 0) is 11.2 Å². The summed E-state index contributed by atoms with van der Waals surface area (Å²) in [6.07, 6.45) is 8.35. The van der Waals surface area contributed by atoms with Crippen molar-refractivity contribution in [3.63, 3.8) is 0 Å². The molecule has 0 atom stereocenters. The van der Waals surface area contributed by atoms with Crippen LogP contribution in [-0.4, -0.2) is 52.5 Å². The molecule has 0 saturated carbocycles. The average molecular weight is 431 g/mol. The zero-order valence-electron chi connectivity index (χ0n) is 18.2. The fraction of sp³-hybridized carbons (Fsp3) is 0.333. The normalized spacial score (nSPS) is 15.8. The molecule has 8 heteroatoms. The fourth-order valence-electron chi connectivity index (χ4n) is 4.25. The molecule has 4 aromatic rings. The van der Waals surface area contributed by atoms with E-state index in [4.69, 9.17) is 19.1 Å². The number of nitrogens with one attached hydrogen (secondary N) is 1. The maximum absolute atomic E-state index is 11.3. The Kier molecular flexibility index (Phi) is 5.45. The van der Waals surface area contributed by atoms with Crippen molar-refractivity contribution in [2.75, 3.05) is 31.2 Å². The predicted molar refractivity (Wildman–Crippen MR) is 123 cm³/mol. The van der Waals surface area contributed by atoms with Crippen molar-refractivity contribution >= 4 is 39.9 Å². The molecule has 0 spiro atoms. The lowest BCUT2D eigenvalue weighted by Gasteiger charge is -2.28. The number of nitrogens with zero attached hydrogens (tertiary/aromatic N) is 4. The minimum atomic E-state index is 0.455. The number of aldehydes is 1. The summed E-state index contributed by atoms with van der Waals surface area (Å²) >= 11 is 0. The number of pyridine rings is 1. The van der Waals surface area contributed by atoms with Crippen LogP contribution in [0.2, 0.25) is 0 Å². The number of furan rings is 1. The molecule has 0 unspecified atom stereocenters. The number of hydrogen-bond acceptors (Lipinski definition) is 7. The number of aromatic nitrogens is 4. The lowest BCUT2D eigenvalue weighted by atomic mass is 9.96. The lowest BCUT2D eigenvalue weighted by molar-refractivity contribution is 0.112. The second-order valence-corrected chi connectivity index (χ2v) is 7.52. The number of hydrogen-bond donors (Lipinski definition) is 1. The van der Waals surface area contributed by atoms with Gasteiger partial charge in [-0.2, -0.15) is 0 Å². The summed E-state index contributed by atoms with van der Waals surface area (Å²) in [5.41, 5.74) is 5.56. The van der Waals surface area contributed by atoms with Gasteiger partial charge >= 0.3 is 0 Å². The van der Waals surface area contributed by atoms with Crippen molar-refractivity contribution < 1.29 is 13.9 Å². The first-order chi connectivity index (χ1) is 15.8. The third-order valence-electron chi connectivity index (χ3n) is 5.73. The zero-order valence-corrected chi connectivity index (χ0v) is 18.2. The second-order valence-electron chi connectivity index (χ2n) is 7.52. The van der Waals surface area contributed by atoms with Gasteiger partial charge in [-0.05, 0) is 25.0 Å². The molecule has 1 aliphatic carbocycles. The minimum absolute atomic E-state index is 0.455. The number of carbonyl (C=O) groups excluding carboxylic acids is 1. The molecular formula is C24H25N5O3. The van der Waals surface area contributed by atoms with Crippen LogP contribution in [0.15, 0.2) is 35.0 Å². The van der Waals surface area contributed by atoms with E-state index in [0.29, 0.717) is 41.4 Å². The second kappa shape index (κ2) is 8.55. The Morgan fingerprint density at radius 1 is 1.19 bits per heavy atom. The maximum Gasteiger partial charge on any atom is 0.229 e. The van der Waals surface area contributed by atoms with E-state index in [1.54, 1.807) is 6.07 Å². The van der Waals surface area contributed by atoms with Gasteiger partial charge in [-0.25, -0.2) is 15.0 Å². The topological polar surface area (TPSA) is 97.1 Å². The van der Waals surface area contributed by atoms with Crippen LogP contribution in [0.25, 0.3) is 27.8 Å². The van der Waals surface area contributed by atoms with E-state index in [2.05, 4.69) is 27.0 Å². The number of aryl methyl sites for hydroxylation is 1. The summed E-state index contributed by atoms with van der Waals surface area (Å²) in [5.74, 6) is 1.40. The molecule has 0 aromatic carbocycles. The maximum atomic E-state index is 11.3. The average Bonchev–Trinajstić information content (AvgIpc) is 3.49. The van der Waals surface area contributed by atoms with Gasteiger partial charge in [0.15, 0.2) is 23.5 Å². The Morgan fingerprint density at radius 2 is 2.03 bits per heavy atom. The number of anilines is 1. The molecule has 4 aromatic heterocycles. The standard InChI is InChI=1S/C22H19N5O3.C2H6/c28-12-13-10-16-18-19(30-22(16)24-11-13)21(27-6-8-29-9-7-27)26-20(25-18)15-2-1-3-17-14(15)4-5-23-17;1-2/h2,4-5,10-12,23H,1,3,6-9H2;1-2H3. The highest BCUT2D eigenvalue weighted by molar-refractivity contribution is 6.06. The van der Waals surface area contributed by atoms with Gasteiger partial charge in [0.1, 0.15) is 5.52 Å². The lowest BCUT2D eigenvalue weighted by Crippen LogP contribution is -2.37. The number of H-pyrrole nitrogens is 1. The van der Waals surface area contributed by atoms with Gasteiger partial charge in [0.05, 0.1) is 18.6 Å². The summed E-state index contributed by atoms with van der Waals surface area (Å²) in [5, 5.41) is 0.721. The molecular weight excluding hydrogens is 406 g/mol. The van der Waals surface area contributed by atoms with Crippen LogP contribution < -0.4 is 4.90 Å². The summed E-state index contributed by atoms with van der Waals surface area (Å²) in [6.45, 7) is 6.73. The van der Waals surface area contributed by atoms with E-state index in [0.717, 1.165) is 54.6 Å². The fourth-order valence-corrected chi connectivity index (χ4v) is 4.25. The Balaban J connectivity index is 0.00000105. The smallest absolute Gasteiger partial charge is 0.229 e. The van der Waals surface area contributed by atoms with Crippen molar-refractivity contribution in [2.24, 2.45) is 0 Å².